The average Bonchev–Trinajstić information content (AvgIpc) is 2.94. The summed E-state index contributed by atoms with van der Waals surface area (Å²) in [6.45, 7) is 1.81. The number of allylic oxidation sites excluding steroid dienone is 1. The fourth-order valence-electron chi connectivity index (χ4n) is 2.50. The van der Waals surface area contributed by atoms with E-state index in [1.54, 1.807) is 10.8 Å². The van der Waals surface area contributed by atoms with Gasteiger partial charge in [-0.1, -0.05) is 29.8 Å². The van der Waals surface area contributed by atoms with Gasteiger partial charge in [0.1, 0.15) is 5.15 Å². The van der Waals surface area contributed by atoms with Gasteiger partial charge < -0.3 is 0 Å². The Labute approximate surface area is 154 Å². The quantitative estimate of drug-likeness (QED) is 0.378. The van der Waals surface area contributed by atoms with Crippen LogP contribution in [0.15, 0.2) is 54.6 Å². The highest BCUT2D eigenvalue weighted by molar-refractivity contribution is 6.31. The third-order valence-electron chi connectivity index (χ3n) is 3.85. The van der Waals surface area contributed by atoms with Crippen LogP contribution < -0.4 is 0 Å². The molecule has 26 heavy (non-hydrogen) atoms. The van der Waals surface area contributed by atoms with Crippen molar-refractivity contribution in [1.82, 2.24) is 9.78 Å². The van der Waals surface area contributed by atoms with Crippen LogP contribution in [-0.4, -0.2) is 14.7 Å². The second kappa shape index (κ2) is 7.21. The summed E-state index contributed by atoms with van der Waals surface area (Å²) in [6, 6.07) is 17.4. The molecule has 0 saturated heterocycles. The highest BCUT2D eigenvalue weighted by Gasteiger charge is 2.15. The van der Waals surface area contributed by atoms with Crippen molar-refractivity contribution >= 4 is 28.9 Å². The molecule has 3 rings (SSSR count). The van der Waals surface area contributed by atoms with E-state index < -0.39 is 4.92 Å². The summed E-state index contributed by atoms with van der Waals surface area (Å²) < 4.78 is 1.60. The van der Waals surface area contributed by atoms with E-state index in [9.17, 15) is 15.4 Å². The smallest absolute Gasteiger partial charge is 0.258 e. The first-order valence-electron chi connectivity index (χ1n) is 7.68. The minimum Gasteiger partial charge on any atom is -0.258 e. The lowest BCUT2D eigenvalue weighted by Gasteiger charge is -2.02. The number of halogens is 1. The lowest BCUT2D eigenvalue weighted by Crippen LogP contribution is -1.95. The largest absolute Gasteiger partial charge is 0.269 e. The molecule has 1 heterocycles. The summed E-state index contributed by atoms with van der Waals surface area (Å²) in [4.78, 5) is 10.3. The summed E-state index contributed by atoms with van der Waals surface area (Å²) in [5.74, 6) is 0. The van der Waals surface area contributed by atoms with Gasteiger partial charge in [0.2, 0.25) is 0 Å². The molecule has 0 aliphatic carbocycles. The maximum Gasteiger partial charge on any atom is 0.269 e. The van der Waals surface area contributed by atoms with Crippen molar-refractivity contribution in [3.63, 3.8) is 0 Å². The number of hydrogen-bond donors (Lipinski definition) is 0. The van der Waals surface area contributed by atoms with Gasteiger partial charge in [-0.25, -0.2) is 4.68 Å². The minimum absolute atomic E-state index is 0.0304. The van der Waals surface area contributed by atoms with Crippen molar-refractivity contribution in [2.24, 2.45) is 0 Å². The topological polar surface area (TPSA) is 84.8 Å². The predicted molar refractivity (Wildman–Crippen MR) is 99.9 cm³/mol. The molecule has 3 aromatic rings. The lowest BCUT2D eigenvalue weighted by molar-refractivity contribution is -0.384. The van der Waals surface area contributed by atoms with Crippen LogP contribution >= 0.6 is 11.6 Å². The number of benzene rings is 2. The second-order valence-electron chi connectivity index (χ2n) is 5.51. The van der Waals surface area contributed by atoms with Gasteiger partial charge in [-0.15, -0.1) is 0 Å². The molecule has 0 atom stereocenters. The third-order valence-corrected chi connectivity index (χ3v) is 4.21. The third kappa shape index (κ3) is 3.34. The van der Waals surface area contributed by atoms with Gasteiger partial charge in [0.25, 0.3) is 5.69 Å². The van der Waals surface area contributed by atoms with E-state index in [0.29, 0.717) is 27.5 Å². The first-order chi connectivity index (χ1) is 12.5. The summed E-state index contributed by atoms with van der Waals surface area (Å²) >= 11 is 6.48. The zero-order valence-corrected chi connectivity index (χ0v) is 14.5. The standard InChI is InChI=1S/C19H13ClN4O2/c1-13-18(19(20)23(22-13)16-5-3-2-4-6-16)11-15(12-21)14-7-9-17(10-8-14)24(25)26/h2-11H,1H3. The Kier molecular flexibility index (Phi) is 4.83. The second-order valence-corrected chi connectivity index (χ2v) is 5.87. The van der Waals surface area contributed by atoms with E-state index in [1.807, 2.05) is 37.3 Å². The van der Waals surface area contributed by atoms with E-state index in [4.69, 9.17) is 11.6 Å². The summed E-state index contributed by atoms with van der Waals surface area (Å²) in [7, 11) is 0. The van der Waals surface area contributed by atoms with Gasteiger partial charge in [-0.2, -0.15) is 10.4 Å². The number of nitrogens with zero attached hydrogens (tertiary/aromatic N) is 4. The van der Waals surface area contributed by atoms with Crippen LogP contribution in [-0.2, 0) is 0 Å². The van der Waals surface area contributed by atoms with Crippen LogP contribution in [0.5, 0.6) is 0 Å². The number of para-hydroxylation sites is 1. The van der Waals surface area contributed by atoms with Crippen LogP contribution in [0.3, 0.4) is 0 Å². The van der Waals surface area contributed by atoms with Crippen LogP contribution in [0.4, 0.5) is 5.69 Å². The number of nitro benzene ring substituents is 1. The van der Waals surface area contributed by atoms with Crippen LogP contribution in [0.2, 0.25) is 5.15 Å². The SMILES string of the molecule is Cc1nn(-c2ccccc2)c(Cl)c1C=C(C#N)c1ccc([N+](=O)[O-])cc1. The van der Waals surface area contributed by atoms with Crippen molar-refractivity contribution in [3.05, 3.63) is 86.7 Å². The van der Waals surface area contributed by atoms with E-state index in [0.717, 1.165) is 5.69 Å². The maximum absolute atomic E-state index is 10.8. The van der Waals surface area contributed by atoms with Gasteiger partial charge in [0.15, 0.2) is 0 Å². The van der Waals surface area contributed by atoms with Crippen molar-refractivity contribution in [1.29, 1.82) is 5.26 Å². The Hall–Kier alpha value is -3.43. The number of aryl methyl sites for hydroxylation is 1. The van der Waals surface area contributed by atoms with Crippen LogP contribution in [0.1, 0.15) is 16.8 Å². The molecule has 0 fully saturated rings. The molecule has 0 unspecified atom stereocenters. The average molecular weight is 365 g/mol. The summed E-state index contributed by atoms with van der Waals surface area (Å²) in [6.07, 6.45) is 1.64. The fraction of sp³-hybridized carbons (Fsp3) is 0.0526. The molecule has 0 radical (unpaired) electrons. The predicted octanol–water partition coefficient (Wildman–Crippen LogP) is 4.81. The van der Waals surface area contributed by atoms with E-state index in [2.05, 4.69) is 11.2 Å². The lowest BCUT2D eigenvalue weighted by atomic mass is 10.0. The molecule has 0 bridgehead atoms. The Morgan fingerprint density at radius 2 is 1.88 bits per heavy atom. The summed E-state index contributed by atoms with van der Waals surface area (Å²) in [5.41, 5.74) is 3.00. The van der Waals surface area contributed by atoms with E-state index in [1.165, 1.54) is 24.3 Å². The normalized spacial score (nSPS) is 11.2. The van der Waals surface area contributed by atoms with Crippen molar-refractivity contribution in [2.75, 3.05) is 0 Å². The molecule has 0 N–H and O–H groups in total. The maximum atomic E-state index is 10.8. The van der Waals surface area contributed by atoms with E-state index >= 15 is 0 Å². The molecule has 1 aromatic heterocycles. The Morgan fingerprint density at radius 1 is 1.23 bits per heavy atom. The molecule has 0 aliphatic heterocycles. The van der Waals surface area contributed by atoms with Crippen LogP contribution in [0, 0.1) is 28.4 Å². The first-order valence-corrected chi connectivity index (χ1v) is 8.06. The monoisotopic (exact) mass is 364 g/mol. The summed E-state index contributed by atoms with van der Waals surface area (Å²) in [5, 5.41) is 25.1. The number of rotatable bonds is 4. The molecule has 128 valence electrons. The van der Waals surface area contributed by atoms with E-state index in [-0.39, 0.29) is 5.69 Å². The molecule has 2 aromatic carbocycles. The zero-order valence-electron chi connectivity index (χ0n) is 13.8. The minimum atomic E-state index is -0.482. The highest BCUT2D eigenvalue weighted by atomic mass is 35.5. The van der Waals surface area contributed by atoms with Crippen molar-refractivity contribution in [2.45, 2.75) is 6.92 Å². The number of aromatic nitrogens is 2. The Bertz CT molecular complexity index is 1030. The van der Waals surface area contributed by atoms with Crippen molar-refractivity contribution < 1.29 is 4.92 Å². The first kappa shape index (κ1) is 17.4. The molecular weight excluding hydrogens is 352 g/mol. The van der Waals surface area contributed by atoms with Gasteiger partial charge in [-0.3, -0.25) is 10.1 Å². The van der Waals surface area contributed by atoms with Crippen molar-refractivity contribution in [3.8, 4) is 11.8 Å². The van der Waals surface area contributed by atoms with Gasteiger partial charge in [0, 0.05) is 17.7 Å². The molecular formula is C19H13ClN4O2. The Balaban J connectivity index is 2.04. The highest BCUT2D eigenvalue weighted by Crippen LogP contribution is 2.28. The van der Waals surface area contributed by atoms with Gasteiger partial charge >= 0.3 is 0 Å². The molecule has 0 saturated carbocycles. The number of nitro groups is 1. The van der Waals surface area contributed by atoms with Crippen LogP contribution in [0.25, 0.3) is 17.3 Å². The van der Waals surface area contributed by atoms with Gasteiger partial charge in [-0.05, 0) is 42.8 Å². The molecule has 0 amide bonds. The zero-order chi connectivity index (χ0) is 18.7. The molecule has 6 nitrogen and oxygen atoms in total. The number of nitriles is 1. The number of non-ortho nitro benzene ring substituents is 1. The number of hydrogen-bond acceptors (Lipinski definition) is 4. The fourth-order valence-corrected chi connectivity index (χ4v) is 2.83. The molecule has 0 spiro atoms. The molecule has 0 aliphatic rings. The Morgan fingerprint density at radius 3 is 2.46 bits per heavy atom. The molecule has 7 heteroatoms. The van der Waals surface area contributed by atoms with Gasteiger partial charge in [0.05, 0.1) is 27.9 Å².